The lowest BCUT2D eigenvalue weighted by Crippen LogP contribution is -2.50. The molecule has 0 aliphatic carbocycles. The van der Waals surface area contributed by atoms with Crippen LogP contribution in [0.4, 0.5) is 13.2 Å². The fourth-order valence-electron chi connectivity index (χ4n) is 4.48. The van der Waals surface area contributed by atoms with Gasteiger partial charge in [-0.05, 0) is 43.7 Å². The molecule has 1 N–H and O–H groups in total. The molecular weight excluding hydrogens is 517 g/mol. The van der Waals surface area contributed by atoms with Crippen LogP contribution in [0.5, 0.6) is 0 Å². The molecule has 3 aromatic rings. The predicted molar refractivity (Wildman–Crippen MR) is 139 cm³/mol. The van der Waals surface area contributed by atoms with Gasteiger partial charge in [0.05, 0.1) is 16.8 Å². The molecule has 1 aliphatic rings. The fraction of sp³-hybridized carbons (Fsp3) is 0.538. The van der Waals surface area contributed by atoms with Crippen molar-refractivity contribution in [1.82, 2.24) is 29.8 Å². The number of fused-ring (bicyclic) bond motifs is 1. The average molecular weight is 551 g/mol. The average Bonchev–Trinajstić information content (AvgIpc) is 3.34. The van der Waals surface area contributed by atoms with E-state index < -0.39 is 17.8 Å². The highest BCUT2D eigenvalue weighted by Gasteiger charge is 2.30. The van der Waals surface area contributed by atoms with E-state index in [-0.39, 0.29) is 5.91 Å². The maximum Gasteiger partial charge on any atom is 0.416 e. The summed E-state index contributed by atoms with van der Waals surface area (Å²) in [5, 5.41) is 18.7. The minimum atomic E-state index is -4.37. The van der Waals surface area contributed by atoms with Crippen LogP contribution >= 0.6 is 11.8 Å². The van der Waals surface area contributed by atoms with Crippen LogP contribution in [0.25, 0.3) is 10.9 Å². The normalized spacial score (nSPS) is 15.8. The number of aromatic nitrogens is 4. The van der Waals surface area contributed by atoms with E-state index in [0.717, 1.165) is 79.2 Å². The summed E-state index contributed by atoms with van der Waals surface area (Å²) in [5.41, 5.74) is 0.595. The molecule has 1 fully saturated rings. The second kappa shape index (κ2) is 12.9. The largest absolute Gasteiger partial charge is 0.416 e. The number of nitrogens with zero attached hydrogens (tertiary/aromatic N) is 6. The van der Waals surface area contributed by atoms with E-state index in [4.69, 9.17) is 0 Å². The van der Waals surface area contributed by atoms with Gasteiger partial charge in [-0.3, -0.25) is 19.4 Å². The van der Waals surface area contributed by atoms with E-state index in [1.807, 2.05) is 16.9 Å². The second-order valence-electron chi connectivity index (χ2n) is 9.55. The number of carbonyl (C=O) groups excluding carboxylic acids is 1. The van der Waals surface area contributed by atoms with Gasteiger partial charge in [-0.2, -0.15) is 13.2 Å². The van der Waals surface area contributed by atoms with Gasteiger partial charge in [0, 0.05) is 61.9 Å². The summed E-state index contributed by atoms with van der Waals surface area (Å²) in [7, 11) is 0. The molecule has 3 heterocycles. The van der Waals surface area contributed by atoms with Crippen molar-refractivity contribution >= 4 is 28.6 Å². The standard InChI is InChI=1S/C26H33F3N6O2S/c1-19(36)25(37)34-13-11-33(12-14-34)17-21-18-35(32-31-21)10-4-2-3-5-15-38-24-8-9-30-23-16-20(26(27,28)29)6-7-22(23)24/h6-9,16,18-19,36H,2-5,10-15,17H2,1H3. The molecule has 1 unspecified atom stereocenters. The number of pyridine rings is 1. The smallest absolute Gasteiger partial charge is 0.384 e. The number of unbranched alkanes of at least 4 members (excludes halogenated alkanes) is 3. The van der Waals surface area contributed by atoms with Crippen LogP contribution in [0.2, 0.25) is 0 Å². The molecule has 2 aromatic heterocycles. The molecule has 0 saturated carbocycles. The van der Waals surface area contributed by atoms with E-state index in [1.54, 1.807) is 22.9 Å². The molecule has 1 atom stereocenters. The van der Waals surface area contributed by atoms with Crippen molar-refractivity contribution in [1.29, 1.82) is 0 Å². The third-order valence-corrected chi connectivity index (χ3v) is 7.74. The second-order valence-corrected chi connectivity index (χ2v) is 10.7. The van der Waals surface area contributed by atoms with Crippen molar-refractivity contribution in [3.63, 3.8) is 0 Å². The monoisotopic (exact) mass is 550 g/mol. The van der Waals surface area contributed by atoms with E-state index in [2.05, 4.69) is 20.2 Å². The molecule has 206 valence electrons. The van der Waals surface area contributed by atoms with E-state index in [9.17, 15) is 23.1 Å². The summed E-state index contributed by atoms with van der Waals surface area (Å²) in [6.45, 7) is 5.68. The Morgan fingerprint density at radius 3 is 2.61 bits per heavy atom. The number of thioether (sulfide) groups is 1. The van der Waals surface area contributed by atoms with E-state index >= 15 is 0 Å². The Bertz CT molecular complexity index is 1210. The van der Waals surface area contributed by atoms with Crippen molar-refractivity contribution in [3.8, 4) is 0 Å². The number of carbonyl (C=O) groups is 1. The van der Waals surface area contributed by atoms with Crippen molar-refractivity contribution in [2.24, 2.45) is 0 Å². The van der Waals surface area contributed by atoms with Crippen molar-refractivity contribution < 1.29 is 23.1 Å². The Balaban J connectivity index is 1.12. The molecule has 0 radical (unpaired) electrons. The van der Waals surface area contributed by atoms with Crippen molar-refractivity contribution in [2.75, 3.05) is 31.9 Å². The maximum absolute atomic E-state index is 13.0. The highest BCUT2D eigenvalue weighted by molar-refractivity contribution is 7.99. The van der Waals surface area contributed by atoms with Gasteiger partial charge < -0.3 is 10.0 Å². The molecule has 4 rings (SSSR count). The third kappa shape index (κ3) is 7.67. The number of aliphatic hydroxyl groups excluding tert-OH is 1. The van der Waals surface area contributed by atoms with Crippen molar-refractivity contribution in [2.45, 2.75) is 62.9 Å². The Kier molecular flexibility index (Phi) is 9.61. The van der Waals surface area contributed by atoms with Crippen LogP contribution in [0.3, 0.4) is 0 Å². The van der Waals surface area contributed by atoms with Crippen LogP contribution in [-0.2, 0) is 24.1 Å². The maximum atomic E-state index is 13.0. The van der Waals surface area contributed by atoms with Gasteiger partial charge >= 0.3 is 6.18 Å². The van der Waals surface area contributed by atoms with Crippen LogP contribution in [0.15, 0.2) is 41.6 Å². The number of piperazine rings is 1. The van der Waals surface area contributed by atoms with E-state index in [0.29, 0.717) is 25.2 Å². The topological polar surface area (TPSA) is 87.4 Å². The Hall–Kier alpha value is -2.70. The number of benzene rings is 1. The highest BCUT2D eigenvalue weighted by Crippen LogP contribution is 2.34. The number of hydrogen-bond donors (Lipinski definition) is 1. The molecular formula is C26H33F3N6O2S. The number of hydrogen-bond acceptors (Lipinski definition) is 7. The molecule has 1 saturated heterocycles. The summed E-state index contributed by atoms with van der Waals surface area (Å²) in [4.78, 5) is 20.9. The first-order valence-electron chi connectivity index (χ1n) is 12.9. The first kappa shape index (κ1) is 28.3. The van der Waals surface area contributed by atoms with Gasteiger partial charge in [0.1, 0.15) is 6.10 Å². The van der Waals surface area contributed by atoms with Gasteiger partial charge in [-0.1, -0.05) is 24.1 Å². The Labute approximate surface area is 224 Å². The zero-order valence-electron chi connectivity index (χ0n) is 21.4. The highest BCUT2D eigenvalue weighted by atomic mass is 32.2. The number of halogens is 3. The Morgan fingerprint density at radius 2 is 1.87 bits per heavy atom. The lowest BCUT2D eigenvalue weighted by atomic mass is 10.1. The summed E-state index contributed by atoms with van der Waals surface area (Å²) in [6, 6.07) is 5.60. The lowest BCUT2D eigenvalue weighted by molar-refractivity contribution is -0.141. The zero-order valence-corrected chi connectivity index (χ0v) is 22.2. The van der Waals surface area contributed by atoms with Crippen LogP contribution in [0, 0.1) is 0 Å². The molecule has 12 heteroatoms. The number of amides is 1. The van der Waals surface area contributed by atoms with Crippen LogP contribution < -0.4 is 0 Å². The summed E-state index contributed by atoms with van der Waals surface area (Å²) < 4.78 is 40.8. The summed E-state index contributed by atoms with van der Waals surface area (Å²) in [6.07, 6.45) is 2.34. The number of alkyl halides is 3. The van der Waals surface area contributed by atoms with Gasteiger partial charge in [-0.15, -0.1) is 16.9 Å². The van der Waals surface area contributed by atoms with Gasteiger partial charge in [-0.25, -0.2) is 0 Å². The van der Waals surface area contributed by atoms with Gasteiger partial charge in [0.25, 0.3) is 5.91 Å². The van der Waals surface area contributed by atoms with E-state index in [1.165, 1.54) is 13.0 Å². The minimum Gasteiger partial charge on any atom is -0.384 e. The number of aliphatic hydroxyl groups is 1. The molecule has 0 spiro atoms. The zero-order chi connectivity index (χ0) is 27.1. The number of aryl methyl sites for hydroxylation is 1. The first-order valence-corrected chi connectivity index (χ1v) is 13.9. The van der Waals surface area contributed by atoms with Crippen molar-refractivity contribution in [3.05, 3.63) is 47.9 Å². The summed E-state index contributed by atoms with van der Waals surface area (Å²) >= 11 is 1.65. The lowest BCUT2D eigenvalue weighted by Gasteiger charge is -2.34. The van der Waals surface area contributed by atoms with Gasteiger partial charge in [0.15, 0.2) is 0 Å². The minimum absolute atomic E-state index is 0.219. The van der Waals surface area contributed by atoms with Crippen LogP contribution in [0.1, 0.15) is 43.9 Å². The Morgan fingerprint density at radius 1 is 1.11 bits per heavy atom. The van der Waals surface area contributed by atoms with Gasteiger partial charge in [0.2, 0.25) is 0 Å². The predicted octanol–water partition coefficient (Wildman–Crippen LogP) is 4.22. The first-order chi connectivity index (χ1) is 18.2. The quantitative estimate of drug-likeness (QED) is 0.283. The molecule has 1 amide bonds. The SMILES string of the molecule is CC(O)C(=O)N1CCN(Cc2cn(CCCCCCSc3ccnc4cc(C(F)(F)F)ccc34)nn2)CC1. The summed E-state index contributed by atoms with van der Waals surface area (Å²) in [5.74, 6) is 0.673. The fourth-order valence-corrected chi connectivity index (χ4v) is 5.53. The molecule has 8 nitrogen and oxygen atoms in total. The molecule has 1 aromatic carbocycles. The molecule has 0 bridgehead atoms. The molecule has 1 aliphatic heterocycles. The third-order valence-electron chi connectivity index (χ3n) is 6.58. The van der Waals surface area contributed by atoms with Crippen LogP contribution in [-0.4, -0.2) is 78.8 Å². The number of rotatable bonds is 11. The molecule has 38 heavy (non-hydrogen) atoms.